The van der Waals surface area contributed by atoms with E-state index in [4.69, 9.17) is 25.2 Å². The largest absolute Gasteiger partial charge is 0.144 e. The molecule has 1 radical (unpaired) electrons. The van der Waals surface area contributed by atoms with E-state index in [0.717, 1.165) is 16.3 Å². The average Bonchev–Trinajstić information content (AvgIpc) is 1.78. The number of thiophene rings is 5. The van der Waals surface area contributed by atoms with Crippen molar-refractivity contribution in [2.45, 2.75) is 37.1 Å². The molecule has 0 aliphatic heterocycles. The van der Waals surface area contributed by atoms with Gasteiger partial charge in [0, 0.05) is 25.8 Å². The minimum Gasteiger partial charge on any atom is -0.144 e. The molecule has 6 N–H and O–H groups in total. The standard InChI is InChI=1S/C20H14OS.2C14H9BrS.C14H10S.C10H9BO2.C6H7BO3.C4H3BrS.5CH4.BHNS.H2/c21-18-9-7-15(8-10-18)19-11-12-20(22-19)17-6-5-14-3-1-2-4-16(14)13-17;2*15-14-8-7-13(16-14)12-6-5-10-3-1-2-4-11(10)9-12;1-2-5-12-10-13(8-7-11(12)4-1)14-6-3-9-15-14;12-11(13)10-6-5-8-3-1-2-4-9(8)7-10;8-6-3-1-5(2-4-6)7(9)10;5-4-2-1-3-6-4;;;;;;1-2-3;/h1-13,21H;2*1-9H;1-10H;1-7,12-13H;1-4,8-10H;1-3H;5*1H4;3H;1H/i;;;;;;;;;;;;;1+1. The first-order chi connectivity index (χ1) is 49.2. The predicted octanol–water partition coefficient (Wildman–Crippen LogP) is 26.9. The van der Waals surface area contributed by atoms with Crippen LogP contribution in [0.3, 0.4) is 0 Å². The summed E-state index contributed by atoms with van der Waals surface area (Å²) in [5.41, 5.74) is 7.16. The Hall–Kier alpha value is -8.34. The van der Waals surface area contributed by atoms with Gasteiger partial charge in [0.05, 0.1) is 11.4 Å². The van der Waals surface area contributed by atoms with Crippen molar-refractivity contribution in [3.05, 3.63) is 344 Å². The molecule has 0 atom stereocenters. The Morgan fingerprint density at radius 1 is 0.283 bits per heavy atom. The molecule has 0 spiro atoms. The predicted molar refractivity (Wildman–Crippen MR) is 488 cm³/mol. The second kappa shape index (κ2) is 45.4. The minimum atomic E-state index is -1.46. The van der Waals surface area contributed by atoms with Gasteiger partial charge in [-0.3, -0.25) is 0 Å². The van der Waals surface area contributed by atoms with Crippen LogP contribution in [0, 0.1) is 0 Å². The Morgan fingerprint density at radius 2 is 0.566 bits per heavy atom. The molecule has 12 aromatic carbocycles. The molecule has 106 heavy (non-hydrogen) atoms. The van der Waals surface area contributed by atoms with E-state index < -0.39 is 14.2 Å². The van der Waals surface area contributed by atoms with Gasteiger partial charge in [-0.2, -0.15) is 0 Å². The van der Waals surface area contributed by atoms with Crippen LogP contribution in [0.5, 0.6) is 11.5 Å². The van der Waals surface area contributed by atoms with Crippen LogP contribution in [-0.2, 0) is 0 Å². The molecule has 17 aromatic rings. The van der Waals surface area contributed by atoms with Gasteiger partial charge in [0.1, 0.15) is 11.5 Å². The molecule has 0 aliphatic rings. The van der Waals surface area contributed by atoms with E-state index >= 15 is 0 Å². The average molecular weight is 1710 g/mol. The van der Waals surface area contributed by atoms with E-state index in [-0.39, 0.29) is 44.3 Å². The first-order valence-electron chi connectivity index (χ1n) is 31.3. The minimum absolute atomic E-state index is 0. The summed E-state index contributed by atoms with van der Waals surface area (Å²) < 4.78 is 6.24. The summed E-state index contributed by atoms with van der Waals surface area (Å²) in [4.78, 5) is 6.41. The van der Waals surface area contributed by atoms with Gasteiger partial charge in [0.25, 0.3) is 0 Å². The van der Waals surface area contributed by atoms with Gasteiger partial charge in [0.15, 0.2) is 0 Å². The van der Waals surface area contributed by atoms with Crippen molar-refractivity contribution in [2.24, 2.45) is 4.30 Å². The molecule has 0 amide bonds. The normalized spacial score (nSPS) is 9.80. The smallest absolute Gasteiger partial charge is 0.0342 e. The molecule has 0 fully saturated rings. The van der Waals surface area contributed by atoms with Crippen molar-refractivity contribution in [3.8, 4) is 63.7 Å². The fraction of sp³-hybridized carbons (Fsp3) is 0.0575. The van der Waals surface area contributed by atoms with Crippen molar-refractivity contribution in [1.82, 2.24) is 0 Å². The number of aromatic hydroxyl groups is 2. The van der Waals surface area contributed by atoms with Gasteiger partial charge in [0.2, 0.25) is 0 Å². The van der Waals surface area contributed by atoms with Crippen LogP contribution in [0.15, 0.2) is 348 Å². The van der Waals surface area contributed by atoms with Gasteiger partial charge in [-0.1, -0.05) is 249 Å². The number of phenols is 2. The number of hydrogen-bond acceptors (Lipinski definition) is 13. The van der Waals surface area contributed by atoms with Gasteiger partial charge < -0.3 is 30.3 Å². The molecular formula is C87H84B3Br3NO6S6. The summed E-state index contributed by atoms with van der Waals surface area (Å²) >= 11 is 22.3. The third-order valence-corrected chi connectivity index (χ3v) is 22.2. The zero-order chi connectivity index (χ0) is 70.9. The van der Waals surface area contributed by atoms with Gasteiger partial charge in [-0.25, -0.2) is 0 Å². The third kappa shape index (κ3) is 26.3. The van der Waals surface area contributed by atoms with E-state index in [0.29, 0.717) is 16.7 Å². The van der Waals surface area contributed by atoms with E-state index in [2.05, 4.69) is 296 Å². The Balaban J connectivity index is 0.000000265. The molecule has 5 aromatic heterocycles. The molecule has 7 nitrogen and oxygen atoms in total. The van der Waals surface area contributed by atoms with Crippen LogP contribution in [0.4, 0.5) is 0 Å². The van der Waals surface area contributed by atoms with Crippen molar-refractivity contribution in [1.29, 1.82) is 0 Å². The van der Waals surface area contributed by atoms with E-state index in [9.17, 15) is 5.11 Å². The quantitative estimate of drug-likeness (QED) is 0.0628. The first kappa shape index (κ1) is 88.3. The molecule has 539 valence electrons. The van der Waals surface area contributed by atoms with Crippen LogP contribution < -0.4 is 10.9 Å². The van der Waals surface area contributed by atoms with E-state index in [1.165, 1.54) is 125 Å². The summed E-state index contributed by atoms with van der Waals surface area (Å²) in [5, 5.41) is 69.8. The molecule has 0 aliphatic carbocycles. The maximum Gasteiger partial charge on any atom is 0.0342 e. The first-order valence-corrected chi connectivity index (χ1v) is 38.3. The number of benzene rings is 12. The van der Waals surface area contributed by atoms with Crippen molar-refractivity contribution in [3.63, 3.8) is 0 Å². The summed E-state index contributed by atoms with van der Waals surface area (Å²) in [6.07, 6.45) is 0. The molecule has 5 heterocycles. The molecule has 0 unspecified atom stereocenters. The summed E-state index contributed by atoms with van der Waals surface area (Å²) in [5.74, 6) is 0.416. The number of nitrogens with zero attached hydrogens (tertiary/aromatic N) is 1. The Kier molecular flexibility index (Phi) is 37.8. The Labute approximate surface area is 678 Å². The molecule has 0 bridgehead atoms. The third-order valence-electron chi connectivity index (χ3n) is 15.3. The second-order valence-electron chi connectivity index (χ2n) is 22.1. The number of thiol groups is 1. The van der Waals surface area contributed by atoms with E-state index in [1.807, 2.05) is 60.0 Å². The summed E-state index contributed by atoms with van der Waals surface area (Å²) in [7, 11) is 1.49. The van der Waals surface area contributed by atoms with Gasteiger partial charge >= 0.3 is 39.0 Å². The van der Waals surface area contributed by atoms with E-state index in [1.54, 1.807) is 80.9 Å². The fourth-order valence-corrected chi connectivity index (χ4v) is 15.7. The van der Waals surface area contributed by atoms with Crippen LogP contribution in [0.25, 0.3) is 106 Å². The topological polar surface area (TPSA) is 134 Å². The van der Waals surface area contributed by atoms with Crippen molar-refractivity contribution < 1.29 is 31.7 Å². The van der Waals surface area contributed by atoms with Crippen LogP contribution >= 0.6 is 117 Å². The molecular weight excluding hydrogens is 1620 g/mol. The van der Waals surface area contributed by atoms with Crippen molar-refractivity contribution >= 4 is 204 Å². The summed E-state index contributed by atoms with van der Waals surface area (Å²) in [6.45, 7) is 0. The molecule has 0 saturated carbocycles. The molecule has 17 rings (SSSR count). The van der Waals surface area contributed by atoms with Gasteiger partial charge in [-0.15, -0.1) is 56.7 Å². The monoisotopic (exact) mass is 1700 g/mol. The maximum absolute atomic E-state index is 9.39. The SMILES string of the molecule is Brc1ccc(-c2ccc3ccccc3c2)s1.Brc1ccc(-c2ccc3ccccc3c2)s1.Brc1cccs1.C.C.C.C.C.OB(O)c1ccc(O)cc1.OB(O)c1ccc2ccccc2c1.Oc1ccc(-c2ccc(-c3ccc4ccccc4c3)s2)cc1.[2HH].[B]=NS.c1csc(-c2ccc3ccccc3c2)c1. The Bertz CT molecular complexity index is 5300. The fourth-order valence-electron chi connectivity index (χ4n) is 10.3. The number of fused-ring (bicyclic) bond motifs is 5. The van der Waals surface area contributed by atoms with Crippen LogP contribution in [0.1, 0.15) is 38.6 Å². The van der Waals surface area contributed by atoms with Gasteiger partial charge in [-0.05, 0) is 260 Å². The summed E-state index contributed by atoms with van der Waals surface area (Å²) in [6, 6.07) is 107. The van der Waals surface area contributed by atoms with Crippen molar-refractivity contribution in [2.75, 3.05) is 0 Å². The van der Waals surface area contributed by atoms with Crippen LogP contribution in [0.2, 0.25) is 0 Å². The number of rotatable bonds is 7. The molecule has 19 heteroatoms. The maximum atomic E-state index is 9.39. The number of phenolic OH excluding ortho intramolecular Hbond substituents is 2. The zero-order valence-corrected chi connectivity index (χ0v) is 63.5. The molecule has 0 saturated heterocycles. The zero-order valence-electron chi connectivity index (χ0n) is 53.7. The second-order valence-corrected chi connectivity index (χ2v) is 31.6. The number of halogens is 3. The number of hydrogen-bond donors (Lipinski definition) is 7. The Morgan fingerprint density at radius 3 is 0.877 bits per heavy atom. The van der Waals surface area contributed by atoms with Crippen LogP contribution in [-0.4, -0.2) is 52.2 Å².